The average molecular weight is 269 g/mol. The molecule has 104 valence electrons. The molecule has 0 unspecified atom stereocenters. The zero-order valence-corrected chi connectivity index (χ0v) is 11.5. The van der Waals surface area contributed by atoms with Gasteiger partial charge >= 0.3 is 7.12 Å². The number of alkyl halides is 2. The fourth-order valence-corrected chi connectivity index (χ4v) is 1.94. The molecule has 0 bridgehead atoms. The third-order valence-corrected chi connectivity index (χ3v) is 3.78. The number of hydrogen-bond acceptors (Lipinski definition) is 3. The summed E-state index contributed by atoms with van der Waals surface area (Å²) in [6.07, 6.45) is -2.57. The van der Waals surface area contributed by atoms with Crippen molar-refractivity contribution < 1.29 is 18.1 Å². The van der Waals surface area contributed by atoms with Crippen molar-refractivity contribution >= 4 is 18.3 Å². The number of nitrogen functional groups attached to an aromatic ring is 1. The second-order valence-corrected chi connectivity index (χ2v) is 5.82. The first kappa shape index (κ1) is 14.3. The molecule has 1 aromatic carbocycles. The van der Waals surface area contributed by atoms with E-state index in [1.54, 1.807) is 6.07 Å². The monoisotopic (exact) mass is 269 g/mol. The summed E-state index contributed by atoms with van der Waals surface area (Å²) < 4.78 is 37.2. The molecule has 1 aromatic rings. The minimum atomic E-state index is -2.57. The zero-order valence-electron chi connectivity index (χ0n) is 11.5. The Hall–Kier alpha value is -1.14. The summed E-state index contributed by atoms with van der Waals surface area (Å²) in [5.74, 6) is 0. The highest BCUT2D eigenvalue weighted by molar-refractivity contribution is 6.62. The Morgan fingerprint density at radius 3 is 2.05 bits per heavy atom. The Kier molecular flexibility index (Phi) is 3.35. The molecule has 1 aliphatic heterocycles. The summed E-state index contributed by atoms with van der Waals surface area (Å²) in [6.45, 7) is 7.64. The van der Waals surface area contributed by atoms with E-state index in [4.69, 9.17) is 15.0 Å². The molecule has 19 heavy (non-hydrogen) atoms. The minimum Gasteiger partial charge on any atom is -0.399 e. The topological polar surface area (TPSA) is 44.5 Å². The lowest BCUT2D eigenvalue weighted by molar-refractivity contribution is 0.00578. The maximum Gasteiger partial charge on any atom is 0.494 e. The molecular formula is C13H18BF2NO2. The first-order chi connectivity index (χ1) is 8.62. The van der Waals surface area contributed by atoms with E-state index >= 15 is 0 Å². The summed E-state index contributed by atoms with van der Waals surface area (Å²) in [6, 6.07) is 4.25. The van der Waals surface area contributed by atoms with E-state index < -0.39 is 24.7 Å². The highest BCUT2D eigenvalue weighted by atomic mass is 19.3. The van der Waals surface area contributed by atoms with Crippen LogP contribution in [0.1, 0.15) is 39.7 Å². The molecule has 1 heterocycles. The molecule has 0 amide bonds. The van der Waals surface area contributed by atoms with Gasteiger partial charge in [-0.3, -0.25) is 0 Å². The molecule has 1 aliphatic rings. The van der Waals surface area contributed by atoms with Gasteiger partial charge < -0.3 is 15.0 Å². The lowest BCUT2D eigenvalue weighted by atomic mass is 9.78. The fraction of sp³-hybridized carbons (Fsp3) is 0.538. The molecule has 0 radical (unpaired) electrons. The van der Waals surface area contributed by atoms with Gasteiger partial charge in [0.15, 0.2) is 0 Å². The maximum absolute atomic E-state index is 12.8. The Bertz CT molecular complexity index is 476. The SMILES string of the molecule is CC1(C)OB(c2cc(N)cc(C(F)F)c2)OC1(C)C. The summed E-state index contributed by atoms with van der Waals surface area (Å²) in [5.41, 5.74) is 5.32. The molecule has 6 heteroatoms. The van der Waals surface area contributed by atoms with Gasteiger partial charge in [-0.25, -0.2) is 8.78 Å². The van der Waals surface area contributed by atoms with Crippen LogP contribution in [0.25, 0.3) is 0 Å². The van der Waals surface area contributed by atoms with Crippen LogP contribution in [0.2, 0.25) is 0 Å². The van der Waals surface area contributed by atoms with Gasteiger partial charge in [0.1, 0.15) is 0 Å². The number of halogens is 2. The first-order valence-corrected chi connectivity index (χ1v) is 6.16. The molecule has 0 saturated carbocycles. The van der Waals surface area contributed by atoms with Crippen molar-refractivity contribution in [1.29, 1.82) is 0 Å². The molecule has 0 aromatic heterocycles. The molecular weight excluding hydrogens is 251 g/mol. The lowest BCUT2D eigenvalue weighted by Gasteiger charge is -2.32. The van der Waals surface area contributed by atoms with Crippen LogP contribution in [-0.4, -0.2) is 18.3 Å². The van der Waals surface area contributed by atoms with Gasteiger partial charge in [-0.1, -0.05) is 6.07 Å². The van der Waals surface area contributed by atoms with Crippen molar-refractivity contribution in [3.05, 3.63) is 23.8 Å². The van der Waals surface area contributed by atoms with Crippen molar-refractivity contribution in [1.82, 2.24) is 0 Å². The largest absolute Gasteiger partial charge is 0.494 e. The molecule has 1 fully saturated rings. The van der Waals surface area contributed by atoms with Gasteiger partial charge in [0, 0.05) is 11.3 Å². The Labute approximate surface area is 112 Å². The smallest absolute Gasteiger partial charge is 0.399 e. The summed E-state index contributed by atoms with van der Waals surface area (Å²) in [5, 5.41) is 0. The van der Waals surface area contributed by atoms with Gasteiger partial charge in [-0.15, -0.1) is 0 Å². The summed E-state index contributed by atoms with van der Waals surface area (Å²) in [4.78, 5) is 0. The highest BCUT2D eigenvalue weighted by Crippen LogP contribution is 2.36. The van der Waals surface area contributed by atoms with Crippen molar-refractivity contribution in [2.45, 2.75) is 45.3 Å². The normalized spacial score (nSPS) is 21.1. The second kappa shape index (κ2) is 4.46. The third kappa shape index (κ3) is 2.60. The van der Waals surface area contributed by atoms with Gasteiger partial charge in [0.25, 0.3) is 6.43 Å². The first-order valence-electron chi connectivity index (χ1n) is 6.16. The van der Waals surface area contributed by atoms with Gasteiger partial charge in [0.05, 0.1) is 11.2 Å². The van der Waals surface area contributed by atoms with Crippen LogP contribution < -0.4 is 11.2 Å². The van der Waals surface area contributed by atoms with Crippen LogP contribution in [-0.2, 0) is 9.31 Å². The van der Waals surface area contributed by atoms with Gasteiger partial charge in [-0.2, -0.15) is 0 Å². The summed E-state index contributed by atoms with van der Waals surface area (Å²) >= 11 is 0. The zero-order chi connectivity index (χ0) is 14.4. The van der Waals surface area contributed by atoms with E-state index in [1.807, 2.05) is 27.7 Å². The second-order valence-electron chi connectivity index (χ2n) is 5.82. The van der Waals surface area contributed by atoms with Crippen LogP contribution in [0.3, 0.4) is 0 Å². The van der Waals surface area contributed by atoms with E-state index in [0.29, 0.717) is 5.46 Å². The third-order valence-electron chi connectivity index (χ3n) is 3.78. The van der Waals surface area contributed by atoms with Crippen molar-refractivity contribution in [3.63, 3.8) is 0 Å². The van der Waals surface area contributed by atoms with Crippen LogP contribution in [0.5, 0.6) is 0 Å². The van der Waals surface area contributed by atoms with E-state index in [-0.39, 0.29) is 11.3 Å². The van der Waals surface area contributed by atoms with E-state index in [2.05, 4.69) is 0 Å². The minimum absolute atomic E-state index is 0.121. The van der Waals surface area contributed by atoms with E-state index in [1.165, 1.54) is 12.1 Å². The van der Waals surface area contributed by atoms with E-state index in [0.717, 1.165) is 0 Å². The molecule has 0 aliphatic carbocycles. The molecule has 2 N–H and O–H groups in total. The Morgan fingerprint density at radius 2 is 1.58 bits per heavy atom. The molecule has 3 nitrogen and oxygen atoms in total. The van der Waals surface area contributed by atoms with E-state index in [9.17, 15) is 8.78 Å². The number of anilines is 1. The standard InChI is InChI=1S/C13H18BF2NO2/c1-12(2)13(3,4)19-14(18-12)9-5-8(11(15)16)6-10(17)7-9/h5-7,11H,17H2,1-4H3. The fourth-order valence-electron chi connectivity index (χ4n) is 1.94. The summed E-state index contributed by atoms with van der Waals surface area (Å²) in [7, 11) is -0.675. The van der Waals surface area contributed by atoms with Crippen LogP contribution in [0.15, 0.2) is 18.2 Å². The van der Waals surface area contributed by atoms with Gasteiger partial charge in [0.2, 0.25) is 0 Å². The predicted molar refractivity (Wildman–Crippen MR) is 71.5 cm³/mol. The molecule has 2 rings (SSSR count). The number of nitrogens with two attached hydrogens (primary N) is 1. The van der Waals surface area contributed by atoms with Crippen LogP contribution >= 0.6 is 0 Å². The quantitative estimate of drug-likeness (QED) is 0.662. The Balaban J connectivity index is 2.34. The van der Waals surface area contributed by atoms with Crippen molar-refractivity contribution in [2.75, 3.05) is 5.73 Å². The Morgan fingerprint density at radius 1 is 1.05 bits per heavy atom. The van der Waals surface area contributed by atoms with Crippen LogP contribution in [0, 0.1) is 0 Å². The highest BCUT2D eigenvalue weighted by Gasteiger charge is 2.51. The lowest BCUT2D eigenvalue weighted by Crippen LogP contribution is -2.41. The van der Waals surface area contributed by atoms with Crippen molar-refractivity contribution in [2.24, 2.45) is 0 Å². The maximum atomic E-state index is 12.8. The number of hydrogen-bond donors (Lipinski definition) is 1. The predicted octanol–water partition coefficient (Wildman–Crippen LogP) is 2.51. The average Bonchev–Trinajstić information content (AvgIpc) is 2.47. The number of rotatable bonds is 2. The van der Waals surface area contributed by atoms with Crippen LogP contribution in [0.4, 0.5) is 14.5 Å². The number of benzene rings is 1. The van der Waals surface area contributed by atoms with Gasteiger partial charge in [-0.05, 0) is 45.3 Å². The molecule has 0 spiro atoms. The molecule has 1 saturated heterocycles. The molecule has 0 atom stereocenters. The van der Waals surface area contributed by atoms with Crippen molar-refractivity contribution in [3.8, 4) is 0 Å².